The number of hydrogen-bond donors (Lipinski definition) is 2. The van der Waals surface area contributed by atoms with E-state index in [1.165, 1.54) is 12.4 Å². The molecule has 0 amide bonds. The van der Waals surface area contributed by atoms with Gasteiger partial charge in [-0.25, -0.2) is 4.98 Å². The van der Waals surface area contributed by atoms with Crippen LogP contribution in [0.25, 0.3) is 0 Å². The maximum Gasteiger partial charge on any atom is 0.376 e. The second kappa shape index (κ2) is 4.39. The molecule has 2 N–H and O–H groups in total. The quantitative estimate of drug-likeness (QED) is 0.599. The lowest BCUT2D eigenvalue weighted by Crippen LogP contribution is -2.14. The molecule has 2 aromatic rings. The molecule has 0 radical (unpaired) electrons. The molecule has 0 aromatic carbocycles. The van der Waals surface area contributed by atoms with E-state index >= 15 is 0 Å². The van der Waals surface area contributed by atoms with Crippen molar-refractivity contribution in [3.8, 4) is 0 Å². The van der Waals surface area contributed by atoms with Crippen molar-refractivity contribution in [1.82, 2.24) is 15.0 Å². The first kappa shape index (κ1) is 10.7. The van der Waals surface area contributed by atoms with Gasteiger partial charge in [-0.05, 0) is 12.1 Å². The van der Waals surface area contributed by atoms with Gasteiger partial charge in [-0.15, -0.1) is 0 Å². The summed E-state index contributed by atoms with van der Waals surface area (Å²) in [6.45, 7) is 0. The lowest BCUT2D eigenvalue weighted by molar-refractivity contribution is -0.385. The molecule has 0 aliphatic rings. The lowest BCUT2D eigenvalue weighted by Gasteiger charge is -2.03. The summed E-state index contributed by atoms with van der Waals surface area (Å²) < 4.78 is 0. The standard InChI is InChI=1S/C9H7N5O3/c15-9-7(14(16)17)8(11-5-12-9)13-6-1-3-10-4-2-6/h1-5H,(H2,10,11,12,13,15). The van der Waals surface area contributed by atoms with Gasteiger partial charge in [0.2, 0.25) is 5.82 Å². The molecular formula is C9H7N5O3. The Bertz CT molecular complexity index is 595. The highest BCUT2D eigenvalue weighted by Crippen LogP contribution is 2.19. The Kier molecular flexibility index (Phi) is 2.77. The summed E-state index contributed by atoms with van der Waals surface area (Å²) in [5.74, 6) is -0.107. The molecule has 0 unspecified atom stereocenters. The van der Waals surface area contributed by atoms with E-state index in [-0.39, 0.29) is 5.82 Å². The molecule has 0 aliphatic heterocycles. The third-order valence-corrected chi connectivity index (χ3v) is 1.95. The summed E-state index contributed by atoms with van der Waals surface area (Å²) in [7, 11) is 0. The molecule has 17 heavy (non-hydrogen) atoms. The predicted molar refractivity (Wildman–Crippen MR) is 59.0 cm³/mol. The van der Waals surface area contributed by atoms with Gasteiger partial charge in [-0.1, -0.05) is 0 Å². The number of hydrogen-bond acceptors (Lipinski definition) is 6. The smallest absolute Gasteiger partial charge is 0.334 e. The molecule has 2 heterocycles. The summed E-state index contributed by atoms with van der Waals surface area (Å²) in [5.41, 5.74) is -0.868. The van der Waals surface area contributed by atoms with Gasteiger partial charge >= 0.3 is 11.2 Å². The van der Waals surface area contributed by atoms with Gasteiger partial charge < -0.3 is 10.3 Å². The molecule has 0 spiro atoms. The van der Waals surface area contributed by atoms with Crippen LogP contribution in [0.4, 0.5) is 17.2 Å². The Morgan fingerprint density at radius 1 is 1.35 bits per heavy atom. The van der Waals surface area contributed by atoms with E-state index in [0.717, 1.165) is 6.33 Å². The normalized spacial score (nSPS) is 9.88. The van der Waals surface area contributed by atoms with Gasteiger partial charge in [0.15, 0.2) is 0 Å². The summed E-state index contributed by atoms with van der Waals surface area (Å²) in [6, 6.07) is 3.21. The topological polar surface area (TPSA) is 114 Å². The molecular weight excluding hydrogens is 226 g/mol. The average molecular weight is 233 g/mol. The van der Waals surface area contributed by atoms with Crippen LogP contribution in [0.1, 0.15) is 0 Å². The van der Waals surface area contributed by atoms with E-state index in [9.17, 15) is 14.9 Å². The van der Waals surface area contributed by atoms with Crippen molar-refractivity contribution in [3.05, 3.63) is 51.3 Å². The van der Waals surface area contributed by atoms with E-state index in [0.29, 0.717) is 5.69 Å². The van der Waals surface area contributed by atoms with Crippen molar-refractivity contribution < 1.29 is 4.92 Å². The van der Waals surface area contributed by atoms with Gasteiger partial charge in [0.05, 0.1) is 11.3 Å². The third kappa shape index (κ3) is 2.25. The summed E-state index contributed by atoms with van der Waals surface area (Å²) >= 11 is 0. The Morgan fingerprint density at radius 2 is 2.06 bits per heavy atom. The molecule has 0 atom stereocenters. The van der Waals surface area contributed by atoms with Crippen molar-refractivity contribution in [1.29, 1.82) is 0 Å². The van der Waals surface area contributed by atoms with Crippen LogP contribution in [0.3, 0.4) is 0 Å². The zero-order valence-corrected chi connectivity index (χ0v) is 8.45. The van der Waals surface area contributed by atoms with Gasteiger partial charge in [0, 0.05) is 18.1 Å². The Hall–Kier alpha value is -2.77. The SMILES string of the molecule is O=c1[nH]cnc(Nc2ccncc2)c1[N+](=O)[O-]. The third-order valence-electron chi connectivity index (χ3n) is 1.95. The van der Waals surface area contributed by atoms with Crippen LogP contribution in [0.2, 0.25) is 0 Å². The average Bonchev–Trinajstić information content (AvgIpc) is 2.30. The minimum absolute atomic E-state index is 0.107. The number of nitrogens with zero attached hydrogens (tertiary/aromatic N) is 3. The van der Waals surface area contributed by atoms with Crippen molar-refractivity contribution in [3.63, 3.8) is 0 Å². The maximum atomic E-state index is 11.3. The second-order valence-corrected chi connectivity index (χ2v) is 3.05. The minimum Gasteiger partial charge on any atom is -0.334 e. The first-order valence-corrected chi connectivity index (χ1v) is 4.57. The maximum absolute atomic E-state index is 11.3. The van der Waals surface area contributed by atoms with Crippen molar-refractivity contribution in [2.75, 3.05) is 5.32 Å². The first-order valence-electron chi connectivity index (χ1n) is 4.57. The van der Waals surface area contributed by atoms with E-state index in [4.69, 9.17) is 0 Å². The molecule has 2 rings (SSSR count). The Balaban J connectivity index is 2.43. The summed E-state index contributed by atoms with van der Waals surface area (Å²) in [6.07, 6.45) is 4.13. The summed E-state index contributed by atoms with van der Waals surface area (Å²) in [4.78, 5) is 30.9. The second-order valence-electron chi connectivity index (χ2n) is 3.05. The van der Waals surface area contributed by atoms with Crippen LogP contribution in [-0.2, 0) is 0 Å². The van der Waals surface area contributed by atoms with E-state index < -0.39 is 16.2 Å². The highest BCUT2D eigenvalue weighted by atomic mass is 16.6. The number of H-pyrrole nitrogens is 1. The fourth-order valence-electron chi connectivity index (χ4n) is 1.23. The number of rotatable bonds is 3. The van der Waals surface area contributed by atoms with E-state index in [1.54, 1.807) is 12.1 Å². The van der Waals surface area contributed by atoms with Crippen molar-refractivity contribution in [2.45, 2.75) is 0 Å². The predicted octanol–water partition coefficient (Wildman–Crippen LogP) is 0.817. The number of anilines is 2. The molecule has 0 aliphatic carbocycles. The molecule has 86 valence electrons. The molecule has 0 bridgehead atoms. The zero-order valence-electron chi connectivity index (χ0n) is 8.45. The van der Waals surface area contributed by atoms with Crippen LogP contribution in [0.15, 0.2) is 35.6 Å². The molecule has 0 saturated heterocycles. The van der Waals surface area contributed by atoms with E-state index in [2.05, 4.69) is 20.3 Å². The molecule has 8 nitrogen and oxygen atoms in total. The molecule has 0 saturated carbocycles. The van der Waals surface area contributed by atoms with Crippen molar-refractivity contribution >= 4 is 17.2 Å². The Morgan fingerprint density at radius 3 is 2.71 bits per heavy atom. The number of pyridine rings is 1. The Labute approximate surface area is 94.5 Å². The van der Waals surface area contributed by atoms with Gasteiger partial charge in [0.25, 0.3) is 0 Å². The number of nitro groups is 1. The fourth-order valence-corrected chi connectivity index (χ4v) is 1.23. The fraction of sp³-hybridized carbons (Fsp3) is 0. The van der Waals surface area contributed by atoms with Crippen LogP contribution >= 0.6 is 0 Å². The summed E-state index contributed by atoms with van der Waals surface area (Å²) in [5, 5.41) is 13.4. The molecule has 0 fully saturated rings. The van der Waals surface area contributed by atoms with Crippen LogP contribution in [-0.4, -0.2) is 19.9 Å². The number of aromatic amines is 1. The van der Waals surface area contributed by atoms with Gasteiger partial charge in [-0.2, -0.15) is 0 Å². The molecule has 2 aromatic heterocycles. The number of nitrogens with one attached hydrogen (secondary N) is 2. The molecule has 8 heteroatoms. The zero-order chi connectivity index (χ0) is 12.3. The minimum atomic E-state index is -0.804. The van der Waals surface area contributed by atoms with Crippen molar-refractivity contribution in [2.24, 2.45) is 0 Å². The van der Waals surface area contributed by atoms with Crippen LogP contribution in [0, 0.1) is 10.1 Å². The first-order chi connectivity index (χ1) is 8.18. The largest absolute Gasteiger partial charge is 0.376 e. The highest BCUT2D eigenvalue weighted by molar-refractivity contribution is 5.63. The van der Waals surface area contributed by atoms with Crippen LogP contribution < -0.4 is 10.9 Å². The highest BCUT2D eigenvalue weighted by Gasteiger charge is 2.20. The van der Waals surface area contributed by atoms with Gasteiger partial charge in [0.1, 0.15) is 0 Å². The lowest BCUT2D eigenvalue weighted by atomic mass is 10.4. The monoisotopic (exact) mass is 233 g/mol. The van der Waals surface area contributed by atoms with Gasteiger partial charge in [-0.3, -0.25) is 19.9 Å². The van der Waals surface area contributed by atoms with E-state index in [1.807, 2.05) is 0 Å². The number of aromatic nitrogens is 3. The van der Waals surface area contributed by atoms with Crippen LogP contribution in [0.5, 0.6) is 0 Å².